The summed E-state index contributed by atoms with van der Waals surface area (Å²) in [6, 6.07) is 3.27. The van der Waals surface area contributed by atoms with E-state index in [2.05, 4.69) is 4.42 Å². The molecule has 1 heterocycles. The van der Waals surface area contributed by atoms with Gasteiger partial charge in [0.05, 0.1) is 6.26 Å². The molecule has 0 atom stereocenters. The SMILES string of the molecule is CC(=O)O.CC(=O)O.CC(=O)O.CC(=O)O.O=Cc1ccco1. The largest absolute Gasteiger partial charge is 0.481 e. The number of carbonyl (C=O) groups is 5. The number of carboxylic acid groups (broad SMARTS) is 4. The lowest BCUT2D eigenvalue weighted by Crippen LogP contribution is -1.78. The molecule has 0 spiro atoms. The first-order chi connectivity index (χ1) is 10.4. The molecule has 0 aliphatic rings. The van der Waals surface area contributed by atoms with Gasteiger partial charge >= 0.3 is 0 Å². The van der Waals surface area contributed by atoms with Crippen molar-refractivity contribution in [2.24, 2.45) is 0 Å². The normalized spacial score (nSPS) is 6.96. The first kappa shape index (κ1) is 28.1. The van der Waals surface area contributed by atoms with Crippen molar-refractivity contribution in [2.75, 3.05) is 0 Å². The average Bonchev–Trinajstić information content (AvgIpc) is 2.77. The smallest absolute Gasteiger partial charge is 0.300 e. The first-order valence-electron chi connectivity index (χ1n) is 5.63. The lowest BCUT2D eigenvalue weighted by atomic mass is 10.5. The molecule has 0 fully saturated rings. The van der Waals surface area contributed by atoms with Crippen LogP contribution in [0.25, 0.3) is 0 Å². The molecule has 10 nitrogen and oxygen atoms in total. The standard InChI is InChI=1S/C5H4O2.4C2H4O2/c6-4-5-2-1-3-7-5;4*1-2(3)4/h1-4H;4*1H3,(H,3,4). The second kappa shape index (κ2) is 21.1. The lowest BCUT2D eigenvalue weighted by Gasteiger charge is -1.68. The Bertz CT molecular complexity index is 383. The number of hydrogen-bond donors (Lipinski definition) is 4. The van der Waals surface area contributed by atoms with Gasteiger partial charge in [0, 0.05) is 27.7 Å². The molecule has 1 aromatic rings. The van der Waals surface area contributed by atoms with E-state index in [1.54, 1.807) is 12.1 Å². The Morgan fingerprint density at radius 2 is 1.09 bits per heavy atom. The minimum Gasteiger partial charge on any atom is -0.481 e. The Hall–Kier alpha value is -3.17. The van der Waals surface area contributed by atoms with Crippen LogP contribution < -0.4 is 0 Å². The monoisotopic (exact) mass is 336 g/mol. The highest BCUT2D eigenvalue weighted by atomic mass is 16.4. The number of aliphatic carboxylic acids is 4. The van der Waals surface area contributed by atoms with E-state index in [-0.39, 0.29) is 0 Å². The molecule has 0 radical (unpaired) electrons. The van der Waals surface area contributed by atoms with Gasteiger partial charge in [-0.25, -0.2) is 0 Å². The van der Waals surface area contributed by atoms with E-state index in [0.29, 0.717) is 12.0 Å². The van der Waals surface area contributed by atoms with Crippen molar-refractivity contribution >= 4 is 30.2 Å². The molecule has 23 heavy (non-hydrogen) atoms. The van der Waals surface area contributed by atoms with Crippen molar-refractivity contribution < 1.29 is 48.8 Å². The number of aldehydes is 1. The van der Waals surface area contributed by atoms with Gasteiger partial charge in [-0.1, -0.05) is 0 Å². The van der Waals surface area contributed by atoms with Crippen LogP contribution in [0.2, 0.25) is 0 Å². The van der Waals surface area contributed by atoms with Gasteiger partial charge in [-0.15, -0.1) is 0 Å². The van der Waals surface area contributed by atoms with Gasteiger partial charge in [-0.05, 0) is 12.1 Å². The van der Waals surface area contributed by atoms with Crippen LogP contribution in [-0.2, 0) is 19.2 Å². The van der Waals surface area contributed by atoms with Crippen LogP contribution in [-0.4, -0.2) is 50.6 Å². The summed E-state index contributed by atoms with van der Waals surface area (Å²) in [6.45, 7) is 4.33. The summed E-state index contributed by atoms with van der Waals surface area (Å²) in [5.41, 5.74) is 0. The summed E-state index contributed by atoms with van der Waals surface area (Å²) < 4.78 is 4.61. The molecule has 0 saturated heterocycles. The van der Waals surface area contributed by atoms with Gasteiger partial charge in [-0.2, -0.15) is 0 Å². The van der Waals surface area contributed by atoms with E-state index >= 15 is 0 Å². The third kappa shape index (κ3) is 157. The molecule has 1 aromatic heterocycles. The summed E-state index contributed by atoms with van der Waals surface area (Å²) in [6.07, 6.45) is 2.13. The van der Waals surface area contributed by atoms with E-state index < -0.39 is 23.9 Å². The van der Waals surface area contributed by atoms with E-state index in [4.69, 9.17) is 39.6 Å². The first-order valence-corrected chi connectivity index (χ1v) is 5.63. The summed E-state index contributed by atoms with van der Waals surface area (Å²) in [4.78, 5) is 45.8. The highest BCUT2D eigenvalue weighted by Crippen LogP contribution is 1.92. The molecule has 132 valence electrons. The number of carbonyl (C=O) groups excluding carboxylic acids is 1. The van der Waals surface area contributed by atoms with E-state index in [9.17, 15) is 4.79 Å². The van der Waals surface area contributed by atoms with Gasteiger partial charge in [0.2, 0.25) is 0 Å². The topological polar surface area (TPSA) is 179 Å². The van der Waals surface area contributed by atoms with Gasteiger partial charge in [-0.3, -0.25) is 24.0 Å². The second-order valence-electron chi connectivity index (χ2n) is 3.21. The molecule has 10 heteroatoms. The maximum atomic E-state index is 9.77. The molecule has 0 aliphatic heterocycles. The Morgan fingerprint density at radius 1 is 0.826 bits per heavy atom. The van der Waals surface area contributed by atoms with Gasteiger partial charge in [0.1, 0.15) is 0 Å². The zero-order valence-corrected chi connectivity index (χ0v) is 13.0. The van der Waals surface area contributed by atoms with Crippen LogP contribution >= 0.6 is 0 Å². The van der Waals surface area contributed by atoms with Crippen molar-refractivity contribution in [3.63, 3.8) is 0 Å². The molecular formula is C13H20O10. The molecule has 0 amide bonds. The zero-order chi connectivity index (χ0) is 19.4. The molecule has 0 aliphatic carbocycles. The molecular weight excluding hydrogens is 316 g/mol. The summed E-state index contributed by atoms with van der Waals surface area (Å²) in [5.74, 6) is -2.96. The zero-order valence-electron chi connectivity index (χ0n) is 13.0. The molecule has 0 bridgehead atoms. The quantitative estimate of drug-likeness (QED) is 0.548. The third-order valence-electron chi connectivity index (χ3n) is 0.659. The number of rotatable bonds is 1. The fraction of sp³-hybridized carbons (Fsp3) is 0.308. The van der Waals surface area contributed by atoms with E-state index in [1.165, 1.54) is 6.26 Å². The molecule has 0 aromatic carbocycles. The molecule has 1 rings (SSSR count). The predicted molar refractivity (Wildman–Crippen MR) is 77.3 cm³/mol. The molecule has 0 unspecified atom stereocenters. The van der Waals surface area contributed by atoms with Crippen LogP contribution in [0.4, 0.5) is 0 Å². The Kier molecular flexibility index (Phi) is 25.8. The summed E-state index contributed by atoms with van der Waals surface area (Å²) >= 11 is 0. The number of furan rings is 1. The lowest BCUT2D eigenvalue weighted by molar-refractivity contribution is -0.135. The molecule has 4 N–H and O–H groups in total. The number of carboxylic acids is 4. The fourth-order valence-corrected chi connectivity index (χ4v) is 0.358. The highest BCUT2D eigenvalue weighted by molar-refractivity contribution is 5.70. The van der Waals surface area contributed by atoms with E-state index in [1.807, 2.05) is 0 Å². The highest BCUT2D eigenvalue weighted by Gasteiger charge is 1.84. The average molecular weight is 336 g/mol. The maximum absolute atomic E-state index is 9.77. The van der Waals surface area contributed by atoms with Gasteiger partial charge in [0.15, 0.2) is 12.0 Å². The van der Waals surface area contributed by atoms with Crippen LogP contribution in [0.3, 0.4) is 0 Å². The van der Waals surface area contributed by atoms with Crippen LogP contribution in [0.15, 0.2) is 22.8 Å². The van der Waals surface area contributed by atoms with Crippen molar-refractivity contribution in [3.05, 3.63) is 24.2 Å². The van der Waals surface area contributed by atoms with Crippen molar-refractivity contribution in [1.29, 1.82) is 0 Å². The van der Waals surface area contributed by atoms with Gasteiger partial charge in [0.25, 0.3) is 23.9 Å². The Labute approximate surface area is 132 Å². The minimum atomic E-state index is -0.833. The van der Waals surface area contributed by atoms with E-state index in [0.717, 1.165) is 27.7 Å². The predicted octanol–water partition coefficient (Wildman–Crippen LogP) is 1.46. The summed E-state index contributed by atoms with van der Waals surface area (Å²) in [7, 11) is 0. The molecule has 0 saturated carbocycles. The van der Waals surface area contributed by atoms with Crippen LogP contribution in [0.1, 0.15) is 38.2 Å². The van der Waals surface area contributed by atoms with Crippen molar-refractivity contribution in [3.8, 4) is 0 Å². The number of hydrogen-bond acceptors (Lipinski definition) is 6. The Balaban J connectivity index is -0.000000102. The van der Waals surface area contributed by atoms with Crippen molar-refractivity contribution in [2.45, 2.75) is 27.7 Å². The second-order valence-corrected chi connectivity index (χ2v) is 3.21. The maximum Gasteiger partial charge on any atom is 0.300 e. The minimum absolute atomic E-state index is 0.375. The van der Waals surface area contributed by atoms with Crippen LogP contribution in [0.5, 0.6) is 0 Å². The third-order valence-corrected chi connectivity index (χ3v) is 0.659. The summed E-state index contributed by atoms with van der Waals surface area (Å²) in [5, 5.41) is 29.7. The Morgan fingerprint density at radius 3 is 1.17 bits per heavy atom. The van der Waals surface area contributed by atoms with Gasteiger partial charge < -0.3 is 24.8 Å². The van der Waals surface area contributed by atoms with Crippen molar-refractivity contribution in [1.82, 2.24) is 0 Å². The van der Waals surface area contributed by atoms with Crippen LogP contribution in [0, 0.1) is 0 Å². The fourth-order valence-electron chi connectivity index (χ4n) is 0.358.